The summed E-state index contributed by atoms with van der Waals surface area (Å²) in [5, 5.41) is 10.7. The number of ether oxygens (including phenoxy) is 1. The highest BCUT2D eigenvalue weighted by Gasteiger charge is 2.16. The SMILES string of the molecule is CCNC(=NCC(C)c1c(C)noc1C)NCCCOc1ccccc1. The van der Waals surface area contributed by atoms with Gasteiger partial charge in [-0.15, -0.1) is 0 Å². The molecular formula is C20H30N4O2. The smallest absolute Gasteiger partial charge is 0.191 e. The minimum Gasteiger partial charge on any atom is -0.494 e. The summed E-state index contributed by atoms with van der Waals surface area (Å²) in [5.41, 5.74) is 2.10. The Hall–Kier alpha value is -2.50. The highest BCUT2D eigenvalue weighted by molar-refractivity contribution is 5.79. The van der Waals surface area contributed by atoms with Crippen molar-refractivity contribution in [3.05, 3.63) is 47.3 Å². The Kier molecular flexibility index (Phi) is 7.99. The van der Waals surface area contributed by atoms with Crippen molar-refractivity contribution in [2.45, 2.75) is 40.0 Å². The monoisotopic (exact) mass is 358 g/mol. The topological polar surface area (TPSA) is 71.7 Å². The predicted octanol–water partition coefficient (Wildman–Crippen LogP) is 3.42. The van der Waals surface area contributed by atoms with Crippen molar-refractivity contribution in [1.82, 2.24) is 15.8 Å². The van der Waals surface area contributed by atoms with Crippen LogP contribution >= 0.6 is 0 Å². The molecule has 0 bridgehead atoms. The number of nitrogens with zero attached hydrogens (tertiary/aromatic N) is 2. The zero-order valence-corrected chi connectivity index (χ0v) is 16.2. The summed E-state index contributed by atoms with van der Waals surface area (Å²) in [4.78, 5) is 4.69. The average Bonchev–Trinajstić information content (AvgIpc) is 2.98. The fraction of sp³-hybridized carbons (Fsp3) is 0.500. The minimum atomic E-state index is 0.262. The Bertz CT molecular complexity index is 663. The second-order valence-corrected chi connectivity index (χ2v) is 6.30. The summed E-state index contributed by atoms with van der Waals surface area (Å²) in [6, 6.07) is 9.87. The fourth-order valence-corrected chi connectivity index (χ4v) is 2.84. The van der Waals surface area contributed by atoms with Crippen molar-refractivity contribution in [3.63, 3.8) is 0 Å². The molecule has 0 spiro atoms. The lowest BCUT2D eigenvalue weighted by Crippen LogP contribution is -2.38. The Balaban J connectivity index is 1.77. The van der Waals surface area contributed by atoms with Gasteiger partial charge in [-0.05, 0) is 39.3 Å². The number of rotatable bonds is 9. The van der Waals surface area contributed by atoms with E-state index in [0.29, 0.717) is 13.2 Å². The van der Waals surface area contributed by atoms with Crippen LogP contribution in [0.4, 0.5) is 0 Å². The molecular weight excluding hydrogens is 328 g/mol. The molecule has 1 aromatic carbocycles. The zero-order valence-electron chi connectivity index (χ0n) is 16.2. The molecule has 1 aromatic heterocycles. The lowest BCUT2D eigenvalue weighted by Gasteiger charge is -2.14. The first-order valence-electron chi connectivity index (χ1n) is 9.24. The molecule has 0 radical (unpaired) electrons. The molecule has 2 aromatic rings. The van der Waals surface area contributed by atoms with E-state index in [2.05, 4.69) is 29.6 Å². The summed E-state index contributed by atoms with van der Waals surface area (Å²) < 4.78 is 11.0. The first-order valence-corrected chi connectivity index (χ1v) is 9.24. The summed E-state index contributed by atoms with van der Waals surface area (Å²) in [7, 11) is 0. The van der Waals surface area contributed by atoms with Gasteiger partial charge in [-0.1, -0.05) is 30.3 Å². The van der Waals surface area contributed by atoms with E-state index in [-0.39, 0.29) is 5.92 Å². The zero-order chi connectivity index (χ0) is 18.8. The van der Waals surface area contributed by atoms with Crippen molar-refractivity contribution in [2.75, 3.05) is 26.2 Å². The van der Waals surface area contributed by atoms with Gasteiger partial charge in [0.15, 0.2) is 5.96 Å². The van der Waals surface area contributed by atoms with Gasteiger partial charge in [-0.25, -0.2) is 0 Å². The lowest BCUT2D eigenvalue weighted by atomic mass is 10.00. The van der Waals surface area contributed by atoms with Crippen LogP contribution in [-0.2, 0) is 0 Å². The molecule has 6 heteroatoms. The van der Waals surface area contributed by atoms with Gasteiger partial charge in [0, 0.05) is 31.1 Å². The van der Waals surface area contributed by atoms with Crippen LogP contribution < -0.4 is 15.4 Å². The van der Waals surface area contributed by atoms with E-state index < -0.39 is 0 Å². The highest BCUT2D eigenvalue weighted by atomic mass is 16.5. The van der Waals surface area contributed by atoms with Crippen molar-refractivity contribution >= 4 is 5.96 Å². The lowest BCUT2D eigenvalue weighted by molar-refractivity contribution is 0.311. The van der Waals surface area contributed by atoms with Crippen LogP contribution in [0.5, 0.6) is 5.75 Å². The van der Waals surface area contributed by atoms with Gasteiger partial charge in [0.25, 0.3) is 0 Å². The number of hydrogen-bond acceptors (Lipinski definition) is 4. The third kappa shape index (κ3) is 6.10. The van der Waals surface area contributed by atoms with Gasteiger partial charge in [0.05, 0.1) is 12.3 Å². The minimum absolute atomic E-state index is 0.262. The van der Waals surface area contributed by atoms with E-state index in [1.165, 1.54) is 0 Å². The van der Waals surface area contributed by atoms with E-state index in [9.17, 15) is 0 Å². The summed E-state index contributed by atoms with van der Waals surface area (Å²) in [6.45, 7) is 11.1. The summed E-state index contributed by atoms with van der Waals surface area (Å²) >= 11 is 0. The Labute approximate surface area is 156 Å². The third-order valence-corrected chi connectivity index (χ3v) is 4.07. The normalized spacial score (nSPS) is 12.7. The van der Waals surface area contributed by atoms with E-state index in [1.54, 1.807) is 0 Å². The predicted molar refractivity (Wildman–Crippen MR) is 105 cm³/mol. The Morgan fingerprint density at radius 1 is 1.23 bits per heavy atom. The summed E-state index contributed by atoms with van der Waals surface area (Å²) in [5.74, 6) is 2.87. The second kappa shape index (κ2) is 10.5. The van der Waals surface area contributed by atoms with E-state index >= 15 is 0 Å². The number of benzene rings is 1. The molecule has 0 saturated heterocycles. The van der Waals surface area contributed by atoms with E-state index in [4.69, 9.17) is 14.3 Å². The van der Waals surface area contributed by atoms with Gasteiger partial charge < -0.3 is 19.9 Å². The van der Waals surface area contributed by atoms with Crippen LogP contribution in [0.1, 0.15) is 43.2 Å². The van der Waals surface area contributed by atoms with Crippen LogP contribution in [0.25, 0.3) is 0 Å². The maximum Gasteiger partial charge on any atom is 0.191 e. The van der Waals surface area contributed by atoms with Crippen LogP contribution in [-0.4, -0.2) is 37.4 Å². The third-order valence-electron chi connectivity index (χ3n) is 4.07. The second-order valence-electron chi connectivity index (χ2n) is 6.30. The molecule has 2 N–H and O–H groups in total. The fourth-order valence-electron chi connectivity index (χ4n) is 2.84. The highest BCUT2D eigenvalue weighted by Crippen LogP contribution is 2.23. The van der Waals surface area contributed by atoms with Crippen LogP contribution in [0.15, 0.2) is 39.8 Å². The van der Waals surface area contributed by atoms with Crippen LogP contribution in [0, 0.1) is 13.8 Å². The quantitative estimate of drug-likeness (QED) is 0.408. The number of aromatic nitrogens is 1. The van der Waals surface area contributed by atoms with Gasteiger partial charge in [-0.3, -0.25) is 4.99 Å². The standard InChI is InChI=1S/C20H30N4O2/c1-5-21-20(22-12-9-13-25-18-10-7-6-8-11-18)23-14-15(2)19-16(3)24-26-17(19)4/h6-8,10-11,15H,5,9,12-14H2,1-4H3,(H2,21,22,23). The molecule has 0 aliphatic carbocycles. The van der Waals surface area contributed by atoms with E-state index in [0.717, 1.165) is 48.2 Å². The van der Waals surface area contributed by atoms with Gasteiger partial charge in [0.2, 0.25) is 0 Å². The number of guanidine groups is 1. The first-order chi connectivity index (χ1) is 12.6. The maximum atomic E-state index is 5.70. The van der Waals surface area contributed by atoms with Crippen molar-refractivity contribution in [2.24, 2.45) is 4.99 Å². The summed E-state index contributed by atoms with van der Waals surface area (Å²) in [6.07, 6.45) is 0.902. The molecule has 1 unspecified atom stereocenters. The van der Waals surface area contributed by atoms with Gasteiger partial charge in [0.1, 0.15) is 11.5 Å². The number of nitrogens with one attached hydrogen (secondary N) is 2. The van der Waals surface area contributed by atoms with Crippen molar-refractivity contribution in [1.29, 1.82) is 0 Å². The number of hydrogen-bond donors (Lipinski definition) is 2. The van der Waals surface area contributed by atoms with Crippen LogP contribution in [0.2, 0.25) is 0 Å². The molecule has 6 nitrogen and oxygen atoms in total. The van der Waals surface area contributed by atoms with E-state index in [1.807, 2.05) is 44.2 Å². The van der Waals surface area contributed by atoms with Crippen LogP contribution in [0.3, 0.4) is 0 Å². The maximum absolute atomic E-state index is 5.70. The molecule has 26 heavy (non-hydrogen) atoms. The molecule has 0 aliphatic heterocycles. The first kappa shape index (κ1) is 19.8. The largest absolute Gasteiger partial charge is 0.494 e. The average molecular weight is 358 g/mol. The molecule has 142 valence electrons. The van der Waals surface area contributed by atoms with Gasteiger partial charge >= 0.3 is 0 Å². The Morgan fingerprint density at radius 2 is 2.00 bits per heavy atom. The number of aryl methyl sites for hydroxylation is 2. The van der Waals surface area contributed by atoms with Gasteiger partial charge in [-0.2, -0.15) is 0 Å². The molecule has 0 amide bonds. The van der Waals surface area contributed by atoms with Crippen molar-refractivity contribution < 1.29 is 9.26 Å². The molecule has 1 heterocycles. The molecule has 1 atom stereocenters. The molecule has 0 aliphatic rings. The Morgan fingerprint density at radius 3 is 2.65 bits per heavy atom. The molecule has 0 fully saturated rings. The number of aliphatic imine (C=N–C) groups is 1. The number of para-hydroxylation sites is 1. The molecule has 2 rings (SSSR count). The molecule has 0 saturated carbocycles. The van der Waals surface area contributed by atoms with Crippen molar-refractivity contribution in [3.8, 4) is 5.75 Å².